The summed E-state index contributed by atoms with van der Waals surface area (Å²) in [5, 5.41) is 5.22. The zero-order valence-corrected chi connectivity index (χ0v) is 18.5. The van der Waals surface area contributed by atoms with Crippen molar-refractivity contribution < 1.29 is 4.79 Å². The molecule has 0 aliphatic carbocycles. The first kappa shape index (κ1) is 20.2. The largest absolute Gasteiger partial charge is 0.361 e. The summed E-state index contributed by atoms with van der Waals surface area (Å²) in [5.41, 5.74) is 4.93. The number of hydrogen-bond acceptors (Lipinski definition) is 3. The summed E-state index contributed by atoms with van der Waals surface area (Å²) < 4.78 is 0. The van der Waals surface area contributed by atoms with Gasteiger partial charge in [0.25, 0.3) is 5.91 Å². The maximum absolute atomic E-state index is 13.2. The van der Waals surface area contributed by atoms with E-state index in [4.69, 9.17) is 0 Å². The Bertz CT molecular complexity index is 1360. The van der Waals surface area contributed by atoms with Crippen molar-refractivity contribution in [3.8, 4) is 10.4 Å². The van der Waals surface area contributed by atoms with E-state index in [0.717, 1.165) is 26.5 Å². The maximum atomic E-state index is 13.2. The third kappa shape index (κ3) is 3.95. The molecule has 0 aliphatic heterocycles. The lowest BCUT2D eigenvalue weighted by Crippen LogP contribution is -2.29. The molecular weight excluding hydrogens is 414 g/mol. The van der Waals surface area contributed by atoms with E-state index in [1.165, 1.54) is 10.9 Å². The number of thiazole rings is 1. The normalized spacial score (nSPS) is 12.0. The molecule has 158 valence electrons. The number of rotatable bonds is 6. The fourth-order valence-electron chi connectivity index (χ4n) is 4.12. The van der Waals surface area contributed by atoms with Gasteiger partial charge in [-0.15, -0.1) is 11.3 Å². The molecule has 0 bridgehead atoms. The average Bonchev–Trinajstić information content (AvgIpc) is 3.44. The number of fused-ring (bicyclic) bond motifs is 1. The smallest absolute Gasteiger partial charge is 0.271 e. The van der Waals surface area contributed by atoms with Crippen LogP contribution >= 0.6 is 11.3 Å². The molecule has 0 saturated heterocycles. The molecule has 32 heavy (non-hydrogen) atoms. The second kappa shape index (κ2) is 8.81. The molecule has 5 heteroatoms. The van der Waals surface area contributed by atoms with Crippen molar-refractivity contribution >= 4 is 28.1 Å². The van der Waals surface area contributed by atoms with Crippen molar-refractivity contribution in [3.63, 3.8) is 0 Å². The molecule has 0 spiro atoms. The average molecular weight is 438 g/mol. The van der Waals surface area contributed by atoms with Gasteiger partial charge in [-0.1, -0.05) is 78.9 Å². The summed E-state index contributed by atoms with van der Waals surface area (Å²) in [7, 11) is 0. The summed E-state index contributed by atoms with van der Waals surface area (Å²) in [6, 6.07) is 28.5. The van der Waals surface area contributed by atoms with Crippen LogP contribution in [-0.2, 0) is 0 Å². The van der Waals surface area contributed by atoms with Crippen molar-refractivity contribution in [2.24, 2.45) is 0 Å². The lowest BCUT2D eigenvalue weighted by molar-refractivity contribution is 0.0948. The van der Waals surface area contributed by atoms with E-state index in [1.807, 2.05) is 67.6 Å². The van der Waals surface area contributed by atoms with Gasteiger partial charge in [-0.3, -0.25) is 4.79 Å². The number of nitrogens with one attached hydrogen (secondary N) is 2. The summed E-state index contributed by atoms with van der Waals surface area (Å²) >= 11 is 1.55. The first-order valence-corrected chi connectivity index (χ1v) is 11.4. The minimum atomic E-state index is -0.144. The Kier molecular flexibility index (Phi) is 5.57. The highest BCUT2D eigenvalue weighted by Gasteiger charge is 2.22. The van der Waals surface area contributed by atoms with Crippen molar-refractivity contribution in [2.45, 2.75) is 12.8 Å². The number of carbonyl (C=O) groups excluding carboxylic acids is 1. The molecule has 0 saturated carbocycles. The van der Waals surface area contributed by atoms with Crippen LogP contribution in [0.2, 0.25) is 0 Å². The van der Waals surface area contributed by atoms with Crippen LogP contribution in [0.3, 0.4) is 0 Å². The van der Waals surface area contributed by atoms with Crippen LogP contribution in [0, 0.1) is 6.92 Å². The van der Waals surface area contributed by atoms with E-state index >= 15 is 0 Å². The molecular formula is C27H23N3OS. The maximum Gasteiger partial charge on any atom is 0.271 e. The summed E-state index contributed by atoms with van der Waals surface area (Å²) in [4.78, 5) is 22.1. The zero-order valence-electron chi connectivity index (χ0n) is 17.7. The van der Waals surface area contributed by atoms with Crippen LogP contribution < -0.4 is 5.32 Å². The van der Waals surface area contributed by atoms with Crippen molar-refractivity contribution in [1.29, 1.82) is 0 Å². The number of para-hydroxylation sites is 1. The molecule has 0 aliphatic rings. The van der Waals surface area contributed by atoms with Gasteiger partial charge < -0.3 is 10.3 Å². The fourth-order valence-corrected chi connectivity index (χ4v) is 5.04. The highest BCUT2D eigenvalue weighted by Crippen LogP contribution is 2.32. The van der Waals surface area contributed by atoms with Crippen LogP contribution in [0.1, 0.15) is 32.5 Å². The molecule has 0 fully saturated rings. The molecule has 2 N–H and O–H groups in total. The number of aryl methyl sites for hydroxylation is 1. The van der Waals surface area contributed by atoms with Gasteiger partial charge in [-0.2, -0.15) is 0 Å². The van der Waals surface area contributed by atoms with Gasteiger partial charge in [0.2, 0.25) is 0 Å². The van der Waals surface area contributed by atoms with Crippen molar-refractivity contribution in [2.75, 3.05) is 6.54 Å². The van der Waals surface area contributed by atoms with Gasteiger partial charge in [-0.25, -0.2) is 4.98 Å². The van der Waals surface area contributed by atoms with Crippen LogP contribution in [0.5, 0.6) is 0 Å². The topological polar surface area (TPSA) is 57.8 Å². The Morgan fingerprint density at radius 3 is 2.44 bits per heavy atom. The van der Waals surface area contributed by atoms with Gasteiger partial charge in [-0.05, 0) is 29.7 Å². The quantitative estimate of drug-likeness (QED) is 0.334. The van der Waals surface area contributed by atoms with E-state index in [0.29, 0.717) is 12.2 Å². The zero-order chi connectivity index (χ0) is 21.9. The summed E-state index contributed by atoms with van der Waals surface area (Å²) in [6.45, 7) is 2.42. The Balaban J connectivity index is 1.46. The lowest BCUT2D eigenvalue weighted by Gasteiger charge is -2.18. The van der Waals surface area contributed by atoms with E-state index in [2.05, 4.69) is 45.7 Å². The summed E-state index contributed by atoms with van der Waals surface area (Å²) in [5.74, 6) is -0.120. The molecule has 4 nitrogen and oxygen atoms in total. The van der Waals surface area contributed by atoms with Crippen LogP contribution in [-0.4, -0.2) is 22.4 Å². The van der Waals surface area contributed by atoms with Crippen LogP contribution in [0.25, 0.3) is 21.3 Å². The Hall–Kier alpha value is -3.70. The second-order valence-corrected chi connectivity index (χ2v) is 8.94. The number of carbonyl (C=O) groups is 1. The fraction of sp³-hybridized carbons (Fsp3) is 0.111. The van der Waals surface area contributed by atoms with Gasteiger partial charge in [0.1, 0.15) is 5.69 Å². The Morgan fingerprint density at radius 2 is 1.66 bits per heavy atom. The number of aromatic nitrogens is 2. The van der Waals surface area contributed by atoms with E-state index in [1.54, 1.807) is 11.3 Å². The monoisotopic (exact) mass is 437 g/mol. The van der Waals surface area contributed by atoms with Crippen molar-refractivity contribution in [1.82, 2.24) is 15.3 Å². The molecule has 3 aromatic carbocycles. The summed E-state index contributed by atoms with van der Waals surface area (Å²) in [6.07, 6.45) is 2.05. The first-order chi connectivity index (χ1) is 15.7. The minimum absolute atomic E-state index is 0.0243. The highest BCUT2D eigenvalue weighted by molar-refractivity contribution is 7.15. The number of H-pyrrole nitrogens is 1. The third-order valence-corrected chi connectivity index (χ3v) is 6.67. The molecule has 1 unspecified atom stereocenters. The minimum Gasteiger partial charge on any atom is -0.361 e. The predicted octanol–water partition coefficient (Wildman–Crippen LogP) is 6.16. The van der Waals surface area contributed by atoms with E-state index in [-0.39, 0.29) is 11.8 Å². The second-order valence-electron chi connectivity index (χ2n) is 7.74. The van der Waals surface area contributed by atoms with Gasteiger partial charge in [0, 0.05) is 29.6 Å². The molecule has 5 aromatic rings. The number of aromatic amines is 1. The predicted molar refractivity (Wildman–Crippen MR) is 131 cm³/mol. The lowest BCUT2D eigenvalue weighted by atomic mass is 9.91. The van der Waals surface area contributed by atoms with Crippen LogP contribution in [0.15, 0.2) is 91.1 Å². The first-order valence-electron chi connectivity index (χ1n) is 10.6. The van der Waals surface area contributed by atoms with Gasteiger partial charge >= 0.3 is 0 Å². The van der Waals surface area contributed by atoms with Crippen molar-refractivity contribution in [3.05, 3.63) is 113 Å². The number of amides is 1. The van der Waals surface area contributed by atoms with Gasteiger partial charge in [0.05, 0.1) is 9.88 Å². The number of hydrogen-bond donors (Lipinski definition) is 2. The number of nitrogens with zero attached hydrogens (tertiary/aromatic N) is 1. The molecule has 2 heterocycles. The van der Waals surface area contributed by atoms with E-state index < -0.39 is 0 Å². The Morgan fingerprint density at radius 1 is 0.969 bits per heavy atom. The third-order valence-electron chi connectivity index (χ3n) is 5.65. The standard InChI is InChI=1S/C27H23N3OS/c1-18-30-25(26(32-18)20-12-6-3-7-13-20)27(31)29-16-22(19-10-4-2-5-11-19)23-17-28-24-15-9-8-14-21(23)24/h2-15,17,22,28H,16H2,1H3,(H,29,31). The molecule has 0 radical (unpaired) electrons. The Labute approximate surface area is 191 Å². The molecule has 1 amide bonds. The van der Waals surface area contributed by atoms with Gasteiger partial charge in [0.15, 0.2) is 0 Å². The highest BCUT2D eigenvalue weighted by atomic mass is 32.1. The molecule has 2 aromatic heterocycles. The van der Waals surface area contributed by atoms with E-state index in [9.17, 15) is 4.79 Å². The van der Waals surface area contributed by atoms with Crippen LogP contribution in [0.4, 0.5) is 0 Å². The SMILES string of the molecule is Cc1nc(C(=O)NCC(c2ccccc2)c2c[nH]c3ccccc23)c(-c2ccccc2)s1. The molecule has 1 atom stereocenters. The number of benzene rings is 3. The molecule has 5 rings (SSSR count).